The number of hydrogen-bond acceptors (Lipinski definition) is 2. The van der Waals surface area contributed by atoms with E-state index in [0.717, 1.165) is 38.8 Å². The standard InChI is InChI=1S/C17H24N2O2/c1-2-19(12-14-7-5-11-21-14)17(20)18-16-10-9-13-6-3-4-8-15(13)16/h3-4,6,8,14,16H,2,5,7,9-12H2,1H3,(H,18,20). The molecule has 4 nitrogen and oxygen atoms in total. The first-order valence-corrected chi connectivity index (χ1v) is 8.02. The average molecular weight is 288 g/mol. The number of amides is 2. The summed E-state index contributed by atoms with van der Waals surface area (Å²) in [5.74, 6) is 0. The van der Waals surface area contributed by atoms with Gasteiger partial charge in [0.1, 0.15) is 0 Å². The minimum absolute atomic E-state index is 0.0368. The summed E-state index contributed by atoms with van der Waals surface area (Å²) >= 11 is 0. The monoisotopic (exact) mass is 288 g/mol. The van der Waals surface area contributed by atoms with Crippen molar-refractivity contribution < 1.29 is 9.53 Å². The van der Waals surface area contributed by atoms with Crippen molar-refractivity contribution in [2.24, 2.45) is 0 Å². The van der Waals surface area contributed by atoms with Crippen molar-refractivity contribution >= 4 is 6.03 Å². The number of carbonyl (C=O) groups is 1. The first kappa shape index (κ1) is 14.4. The van der Waals surface area contributed by atoms with Gasteiger partial charge < -0.3 is 15.0 Å². The van der Waals surface area contributed by atoms with Gasteiger partial charge in [0.2, 0.25) is 0 Å². The Labute approximate surface area is 126 Å². The number of carbonyl (C=O) groups excluding carboxylic acids is 1. The minimum atomic E-state index is 0.0368. The van der Waals surface area contributed by atoms with Crippen LogP contribution in [0.4, 0.5) is 4.79 Å². The van der Waals surface area contributed by atoms with Gasteiger partial charge >= 0.3 is 6.03 Å². The second-order valence-electron chi connectivity index (χ2n) is 5.91. The first-order chi connectivity index (χ1) is 10.3. The van der Waals surface area contributed by atoms with Gasteiger partial charge in [-0.25, -0.2) is 4.79 Å². The van der Waals surface area contributed by atoms with Gasteiger partial charge in [-0.3, -0.25) is 0 Å². The van der Waals surface area contributed by atoms with Crippen LogP contribution in [0.2, 0.25) is 0 Å². The van der Waals surface area contributed by atoms with E-state index in [4.69, 9.17) is 4.74 Å². The van der Waals surface area contributed by atoms with Crippen molar-refractivity contribution in [1.82, 2.24) is 10.2 Å². The van der Waals surface area contributed by atoms with E-state index in [2.05, 4.69) is 23.5 Å². The van der Waals surface area contributed by atoms with Crippen LogP contribution in [0.3, 0.4) is 0 Å². The molecule has 114 valence electrons. The second-order valence-corrected chi connectivity index (χ2v) is 5.91. The SMILES string of the molecule is CCN(CC1CCCO1)C(=O)NC1CCc2ccccc21. The number of nitrogens with one attached hydrogen (secondary N) is 1. The van der Waals surface area contributed by atoms with Gasteiger partial charge in [0.25, 0.3) is 0 Å². The number of hydrogen-bond donors (Lipinski definition) is 1. The van der Waals surface area contributed by atoms with Gasteiger partial charge in [-0.15, -0.1) is 0 Å². The summed E-state index contributed by atoms with van der Waals surface area (Å²) in [5, 5.41) is 3.19. The predicted molar refractivity (Wildman–Crippen MR) is 82.3 cm³/mol. The van der Waals surface area contributed by atoms with Crippen molar-refractivity contribution in [3.8, 4) is 0 Å². The molecule has 2 unspecified atom stereocenters. The molecule has 1 heterocycles. The third-order valence-corrected chi connectivity index (χ3v) is 4.55. The molecule has 2 amide bonds. The summed E-state index contributed by atoms with van der Waals surface area (Å²) in [4.78, 5) is 14.4. The maximum absolute atomic E-state index is 12.5. The van der Waals surface area contributed by atoms with Crippen LogP contribution < -0.4 is 5.32 Å². The molecule has 4 heteroatoms. The summed E-state index contributed by atoms with van der Waals surface area (Å²) in [7, 11) is 0. The summed E-state index contributed by atoms with van der Waals surface area (Å²) in [6.45, 7) is 4.29. The number of nitrogens with zero attached hydrogens (tertiary/aromatic N) is 1. The molecule has 1 aromatic carbocycles. The van der Waals surface area contributed by atoms with Gasteiger partial charge in [-0.2, -0.15) is 0 Å². The maximum Gasteiger partial charge on any atom is 0.317 e. The fourth-order valence-corrected chi connectivity index (χ4v) is 3.34. The molecule has 21 heavy (non-hydrogen) atoms. The third kappa shape index (κ3) is 3.21. The zero-order valence-corrected chi connectivity index (χ0v) is 12.7. The Bertz CT molecular complexity index is 497. The van der Waals surface area contributed by atoms with Crippen LogP contribution in [0.25, 0.3) is 0 Å². The molecule has 2 aliphatic rings. The molecule has 0 spiro atoms. The topological polar surface area (TPSA) is 41.6 Å². The van der Waals surface area contributed by atoms with E-state index in [0.29, 0.717) is 6.54 Å². The first-order valence-electron chi connectivity index (χ1n) is 8.02. The van der Waals surface area contributed by atoms with Crippen molar-refractivity contribution in [2.45, 2.75) is 44.8 Å². The number of urea groups is 1. The number of likely N-dealkylation sites (N-methyl/N-ethyl adjacent to an activating group) is 1. The Morgan fingerprint density at radius 1 is 1.38 bits per heavy atom. The molecule has 1 fully saturated rings. The Morgan fingerprint density at radius 3 is 3.00 bits per heavy atom. The summed E-state index contributed by atoms with van der Waals surface area (Å²) < 4.78 is 5.64. The van der Waals surface area contributed by atoms with E-state index in [1.165, 1.54) is 11.1 Å². The zero-order valence-electron chi connectivity index (χ0n) is 12.7. The Hall–Kier alpha value is -1.55. The Balaban J connectivity index is 1.60. The van der Waals surface area contributed by atoms with Crippen LogP contribution in [0.1, 0.15) is 43.4 Å². The van der Waals surface area contributed by atoms with Gasteiger partial charge in [0.05, 0.1) is 12.1 Å². The molecule has 2 atom stereocenters. The quantitative estimate of drug-likeness (QED) is 0.925. The molecule has 1 saturated heterocycles. The van der Waals surface area contributed by atoms with Crippen LogP contribution in [-0.4, -0.2) is 36.7 Å². The number of aryl methyl sites for hydroxylation is 1. The minimum Gasteiger partial charge on any atom is -0.376 e. The van der Waals surface area contributed by atoms with E-state index in [9.17, 15) is 4.79 Å². The molecule has 1 N–H and O–H groups in total. The molecule has 0 radical (unpaired) electrons. The molecular formula is C17H24N2O2. The fourth-order valence-electron chi connectivity index (χ4n) is 3.34. The van der Waals surface area contributed by atoms with Crippen LogP contribution in [0, 0.1) is 0 Å². The van der Waals surface area contributed by atoms with Gasteiger partial charge in [-0.05, 0) is 43.7 Å². The highest BCUT2D eigenvalue weighted by Gasteiger charge is 2.26. The molecule has 0 saturated carbocycles. The molecule has 1 aliphatic heterocycles. The molecule has 1 aliphatic carbocycles. The van der Waals surface area contributed by atoms with Crippen LogP contribution >= 0.6 is 0 Å². The van der Waals surface area contributed by atoms with Crippen molar-refractivity contribution in [3.63, 3.8) is 0 Å². The second kappa shape index (κ2) is 6.48. The average Bonchev–Trinajstić information content (AvgIpc) is 3.15. The maximum atomic E-state index is 12.5. The highest BCUT2D eigenvalue weighted by Crippen LogP contribution is 2.30. The number of ether oxygens (including phenoxy) is 1. The molecule has 1 aromatic rings. The molecular weight excluding hydrogens is 264 g/mol. The normalized spacial score (nSPS) is 23.9. The summed E-state index contributed by atoms with van der Waals surface area (Å²) in [6, 6.07) is 8.60. The lowest BCUT2D eigenvalue weighted by atomic mass is 10.1. The van der Waals surface area contributed by atoms with Crippen LogP contribution in [0.5, 0.6) is 0 Å². The number of benzene rings is 1. The highest BCUT2D eigenvalue weighted by atomic mass is 16.5. The van der Waals surface area contributed by atoms with Crippen molar-refractivity contribution in [1.29, 1.82) is 0 Å². The number of fused-ring (bicyclic) bond motifs is 1. The van der Waals surface area contributed by atoms with Crippen LogP contribution in [0.15, 0.2) is 24.3 Å². The van der Waals surface area contributed by atoms with E-state index in [1.807, 2.05) is 17.9 Å². The van der Waals surface area contributed by atoms with Gasteiger partial charge in [0.15, 0.2) is 0 Å². The van der Waals surface area contributed by atoms with Gasteiger partial charge in [-0.1, -0.05) is 24.3 Å². The lowest BCUT2D eigenvalue weighted by molar-refractivity contribution is 0.0821. The smallest absolute Gasteiger partial charge is 0.317 e. The Morgan fingerprint density at radius 2 is 2.24 bits per heavy atom. The lowest BCUT2D eigenvalue weighted by Gasteiger charge is -2.26. The van der Waals surface area contributed by atoms with E-state index < -0.39 is 0 Å². The number of rotatable bonds is 4. The molecule has 3 rings (SSSR count). The van der Waals surface area contributed by atoms with Crippen molar-refractivity contribution in [2.75, 3.05) is 19.7 Å². The lowest BCUT2D eigenvalue weighted by Crippen LogP contribution is -2.44. The van der Waals surface area contributed by atoms with Crippen molar-refractivity contribution in [3.05, 3.63) is 35.4 Å². The summed E-state index contributed by atoms with van der Waals surface area (Å²) in [5.41, 5.74) is 2.64. The molecule has 0 aromatic heterocycles. The predicted octanol–water partition coefficient (Wildman–Crippen LogP) is 2.88. The van der Waals surface area contributed by atoms with Gasteiger partial charge in [0, 0.05) is 19.7 Å². The fraction of sp³-hybridized carbons (Fsp3) is 0.588. The largest absolute Gasteiger partial charge is 0.376 e. The zero-order chi connectivity index (χ0) is 14.7. The highest BCUT2D eigenvalue weighted by molar-refractivity contribution is 5.75. The van der Waals surface area contributed by atoms with Crippen LogP contribution in [-0.2, 0) is 11.2 Å². The Kier molecular flexibility index (Phi) is 4.44. The third-order valence-electron chi connectivity index (χ3n) is 4.55. The van der Waals surface area contributed by atoms with E-state index in [-0.39, 0.29) is 18.2 Å². The molecule has 0 bridgehead atoms. The summed E-state index contributed by atoms with van der Waals surface area (Å²) in [6.07, 6.45) is 4.45. The van der Waals surface area contributed by atoms with E-state index in [1.54, 1.807) is 0 Å². The van der Waals surface area contributed by atoms with E-state index >= 15 is 0 Å².